The van der Waals surface area contributed by atoms with Gasteiger partial charge in [-0.3, -0.25) is 4.79 Å². The van der Waals surface area contributed by atoms with Crippen molar-refractivity contribution in [3.05, 3.63) is 29.8 Å². The van der Waals surface area contributed by atoms with Crippen molar-refractivity contribution in [2.75, 3.05) is 13.1 Å². The highest BCUT2D eigenvalue weighted by Gasteiger charge is 2.05. The Morgan fingerprint density at radius 3 is 2.72 bits per heavy atom. The summed E-state index contributed by atoms with van der Waals surface area (Å²) in [6.45, 7) is 7.51. The van der Waals surface area contributed by atoms with Crippen LogP contribution in [0.25, 0.3) is 0 Å². The molecule has 1 amide bonds. The summed E-state index contributed by atoms with van der Waals surface area (Å²) in [6.07, 6.45) is 0.148. The summed E-state index contributed by atoms with van der Waals surface area (Å²) in [4.78, 5) is 11.3. The lowest BCUT2D eigenvalue weighted by atomic mass is 10.2. The van der Waals surface area contributed by atoms with Gasteiger partial charge in [-0.05, 0) is 26.8 Å². The first kappa shape index (κ1) is 14.5. The topological polar surface area (TPSA) is 50.4 Å². The fourth-order valence-electron chi connectivity index (χ4n) is 1.59. The van der Waals surface area contributed by atoms with Gasteiger partial charge in [0.2, 0.25) is 5.91 Å². The Hall–Kier alpha value is -1.55. The van der Waals surface area contributed by atoms with E-state index in [1.54, 1.807) is 0 Å². The second kappa shape index (κ2) is 7.71. The third-order valence-corrected chi connectivity index (χ3v) is 2.31. The number of ether oxygens (including phenoxy) is 1. The molecule has 4 nitrogen and oxygen atoms in total. The molecule has 0 bridgehead atoms. The number of carbonyl (C=O) groups excluding carboxylic acids is 1. The van der Waals surface area contributed by atoms with Crippen molar-refractivity contribution in [3.63, 3.8) is 0 Å². The average molecular weight is 250 g/mol. The van der Waals surface area contributed by atoms with Crippen LogP contribution in [-0.2, 0) is 11.3 Å². The van der Waals surface area contributed by atoms with Crippen LogP contribution in [0.15, 0.2) is 24.3 Å². The molecule has 0 saturated heterocycles. The summed E-state index contributed by atoms with van der Waals surface area (Å²) in [5.74, 6) is 0.885. The monoisotopic (exact) mass is 250 g/mol. The SMILES string of the molecule is CCNC(=O)CNCc1ccccc1OC(C)C. The van der Waals surface area contributed by atoms with Gasteiger partial charge in [0.25, 0.3) is 0 Å². The highest BCUT2D eigenvalue weighted by Crippen LogP contribution is 2.18. The fraction of sp³-hybridized carbons (Fsp3) is 0.500. The Labute approximate surface area is 109 Å². The van der Waals surface area contributed by atoms with Crippen LogP contribution in [0.5, 0.6) is 5.75 Å². The molecule has 0 aliphatic heterocycles. The normalized spacial score (nSPS) is 10.4. The molecular weight excluding hydrogens is 228 g/mol. The number of likely N-dealkylation sites (N-methyl/N-ethyl adjacent to an activating group) is 1. The molecule has 1 aromatic rings. The van der Waals surface area contributed by atoms with Gasteiger partial charge in [0.1, 0.15) is 5.75 Å². The molecule has 1 rings (SSSR count). The first-order chi connectivity index (χ1) is 8.63. The van der Waals surface area contributed by atoms with Crippen LogP contribution in [0, 0.1) is 0 Å². The van der Waals surface area contributed by atoms with Crippen molar-refractivity contribution in [1.82, 2.24) is 10.6 Å². The quantitative estimate of drug-likeness (QED) is 0.774. The average Bonchev–Trinajstić information content (AvgIpc) is 2.31. The van der Waals surface area contributed by atoms with Gasteiger partial charge < -0.3 is 15.4 Å². The van der Waals surface area contributed by atoms with Crippen molar-refractivity contribution in [2.24, 2.45) is 0 Å². The van der Waals surface area contributed by atoms with Crippen molar-refractivity contribution in [3.8, 4) is 5.75 Å². The molecule has 100 valence electrons. The molecule has 1 aromatic carbocycles. The number of benzene rings is 1. The maximum absolute atomic E-state index is 11.3. The summed E-state index contributed by atoms with van der Waals surface area (Å²) >= 11 is 0. The number of amides is 1. The molecule has 4 heteroatoms. The van der Waals surface area contributed by atoms with Gasteiger partial charge in [0.05, 0.1) is 12.6 Å². The fourth-order valence-corrected chi connectivity index (χ4v) is 1.59. The van der Waals surface area contributed by atoms with E-state index in [1.807, 2.05) is 45.0 Å². The maximum Gasteiger partial charge on any atom is 0.233 e. The van der Waals surface area contributed by atoms with Crippen LogP contribution in [0.4, 0.5) is 0 Å². The van der Waals surface area contributed by atoms with E-state index in [0.717, 1.165) is 11.3 Å². The van der Waals surface area contributed by atoms with Crippen LogP contribution in [0.1, 0.15) is 26.3 Å². The first-order valence-corrected chi connectivity index (χ1v) is 6.35. The molecule has 0 fully saturated rings. The zero-order chi connectivity index (χ0) is 13.4. The van der Waals surface area contributed by atoms with Gasteiger partial charge in [-0.2, -0.15) is 0 Å². The molecule has 2 N–H and O–H groups in total. The molecule has 0 spiro atoms. The van der Waals surface area contributed by atoms with E-state index in [2.05, 4.69) is 10.6 Å². The van der Waals surface area contributed by atoms with Crippen LogP contribution in [-0.4, -0.2) is 25.1 Å². The largest absolute Gasteiger partial charge is 0.491 e. The zero-order valence-corrected chi connectivity index (χ0v) is 11.3. The molecule has 0 aliphatic rings. The van der Waals surface area contributed by atoms with E-state index in [0.29, 0.717) is 19.6 Å². The molecule has 0 unspecified atom stereocenters. The van der Waals surface area contributed by atoms with Crippen molar-refractivity contribution < 1.29 is 9.53 Å². The van der Waals surface area contributed by atoms with E-state index >= 15 is 0 Å². The Morgan fingerprint density at radius 2 is 2.06 bits per heavy atom. The Kier molecular flexibility index (Phi) is 6.22. The van der Waals surface area contributed by atoms with E-state index in [1.165, 1.54) is 0 Å². The van der Waals surface area contributed by atoms with E-state index < -0.39 is 0 Å². The molecule has 0 aromatic heterocycles. The molecule has 0 heterocycles. The van der Waals surface area contributed by atoms with Crippen LogP contribution >= 0.6 is 0 Å². The van der Waals surface area contributed by atoms with Crippen molar-refractivity contribution in [2.45, 2.75) is 33.4 Å². The van der Waals surface area contributed by atoms with E-state index in [4.69, 9.17) is 4.74 Å². The van der Waals surface area contributed by atoms with Crippen LogP contribution < -0.4 is 15.4 Å². The molecular formula is C14H22N2O2. The Morgan fingerprint density at radius 1 is 1.33 bits per heavy atom. The first-order valence-electron chi connectivity index (χ1n) is 6.35. The van der Waals surface area contributed by atoms with Gasteiger partial charge in [0.15, 0.2) is 0 Å². The molecule has 0 aliphatic carbocycles. The zero-order valence-electron chi connectivity index (χ0n) is 11.3. The van der Waals surface area contributed by atoms with Gasteiger partial charge in [-0.25, -0.2) is 0 Å². The number of carbonyl (C=O) groups is 1. The predicted molar refractivity (Wildman–Crippen MR) is 72.6 cm³/mol. The minimum absolute atomic E-state index is 0.0137. The van der Waals surface area contributed by atoms with Gasteiger partial charge in [-0.15, -0.1) is 0 Å². The summed E-state index contributed by atoms with van der Waals surface area (Å²) < 4.78 is 5.71. The highest BCUT2D eigenvalue weighted by molar-refractivity contribution is 5.77. The lowest BCUT2D eigenvalue weighted by Crippen LogP contribution is -2.33. The standard InChI is InChI=1S/C14H22N2O2/c1-4-16-14(17)10-15-9-12-7-5-6-8-13(12)18-11(2)3/h5-8,11,15H,4,9-10H2,1-3H3,(H,16,17). The number of hydrogen-bond donors (Lipinski definition) is 2. The van der Waals surface area contributed by atoms with Gasteiger partial charge in [-0.1, -0.05) is 18.2 Å². The molecule has 0 atom stereocenters. The van der Waals surface area contributed by atoms with Crippen molar-refractivity contribution >= 4 is 5.91 Å². The number of hydrogen-bond acceptors (Lipinski definition) is 3. The summed E-state index contributed by atoms with van der Waals surface area (Å²) in [5, 5.41) is 5.85. The smallest absolute Gasteiger partial charge is 0.233 e. The Balaban J connectivity index is 2.48. The lowest BCUT2D eigenvalue weighted by Gasteiger charge is -2.14. The number of para-hydroxylation sites is 1. The summed E-state index contributed by atoms with van der Waals surface area (Å²) in [5.41, 5.74) is 1.07. The van der Waals surface area contributed by atoms with Gasteiger partial charge >= 0.3 is 0 Å². The minimum atomic E-state index is 0.0137. The van der Waals surface area contributed by atoms with Gasteiger partial charge in [0, 0.05) is 18.7 Å². The summed E-state index contributed by atoms with van der Waals surface area (Å²) in [7, 11) is 0. The number of rotatable bonds is 7. The number of nitrogens with one attached hydrogen (secondary N) is 2. The summed E-state index contributed by atoms with van der Waals surface area (Å²) in [6, 6.07) is 7.87. The molecule has 18 heavy (non-hydrogen) atoms. The molecule has 0 radical (unpaired) electrons. The van der Waals surface area contributed by atoms with Crippen LogP contribution in [0.2, 0.25) is 0 Å². The van der Waals surface area contributed by atoms with E-state index in [9.17, 15) is 4.79 Å². The predicted octanol–water partition coefficient (Wildman–Crippen LogP) is 1.70. The van der Waals surface area contributed by atoms with Crippen molar-refractivity contribution in [1.29, 1.82) is 0 Å². The third-order valence-electron chi connectivity index (χ3n) is 2.31. The second-order valence-electron chi connectivity index (χ2n) is 4.33. The second-order valence-corrected chi connectivity index (χ2v) is 4.33. The maximum atomic E-state index is 11.3. The third kappa shape index (κ3) is 5.19. The minimum Gasteiger partial charge on any atom is -0.491 e. The Bertz CT molecular complexity index is 378. The van der Waals surface area contributed by atoms with Crippen LogP contribution in [0.3, 0.4) is 0 Å². The lowest BCUT2D eigenvalue weighted by molar-refractivity contribution is -0.120. The van der Waals surface area contributed by atoms with E-state index in [-0.39, 0.29) is 12.0 Å². The highest BCUT2D eigenvalue weighted by atomic mass is 16.5. The molecule has 0 saturated carbocycles.